The number of carbonyl (C=O) groups is 2. The normalized spacial score (nSPS) is 27.1. The Kier molecular flexibility index (Phi) is 3.62. The van der Waals surface area contributed by atoms with Crippen LogP contribution in [0.5, 0.6) is 0 Å². The Morgan fingerprint density at radius 2 is 2.14 bits per heavy atom. The van der Waals surface area contributed by atoms with E-state index in [1.165, 1.54) is 18.9 Å². The Morgan fingerprint density at radius 1 is 1.50 bits per heavy atom. The lowest BCUT2D eigenvalue weighted by atomic mass is 10.2. The van der Waals surface area contributed by atoms with Crippen LogP contribution in [-0.2, 0) is 20.4 Å². The van der Waals surface area contributed by atoms with E-state index in [-0.39, 0.29) is 17.6 Å². The minimum Gasteiger partial charge on any atom is -0.357 e. The van der Waals surface area contributed by atoms with Gasteiger partial charge in [-0.2, -0.15) is 0 Å². The molecule has 1 aliphatic rings. The highest BCUT2D eigenvalue weighted by atomic mass is 32.2. The van der Waals surface area contributed by atoms with E-state index in [0.29, 0.717) is 12.3 Å². The first-order chi connectivity index (χ1) is 6.56. The molecule has 0 aromatic rings. The number of rotatable bonds is 1. The number of nitrogens with one attached hydrogen (secondary N) is 1. The predicted molar refractivity (Wildman–Crippen MR) is 53.1 cm³/mol. The van der Waals surface area contributed by atoms with Crippen LogP contribution in [0.1, 0.15) is 6.92 Å². The molecule has 1 heterocycles. The molecule has 1 rings (SSSR count). The van der Waals surface area contributed by atoms with Gasteiger partial charge in [0.15, 0.2) is 0 Å². The van der Waals surface area contributed by atoms with Crippen LogP contribution in [0, 0.1) is 0 Å². The monoisotopic (exact) mass is 218 g/mol. The maximum Gasteiger partial charge on any atom is 0.243 e. The molecule has 1 aliphatic heterocycles. The Morgan fingerprint density at radius 3 is 2.64 bits per heavy atom. The third kappa shape index (κ3) is 2.31. The van der Waals surface area contributed by atoms with E-state index >= 15 is 0 Å². The number of amides is 2. The Balaban J connectivity index is 2.78. The van der Waals surface area contributed by atoms with Crippen LogP contribution in [0.2, 0.25) is 0 Å². The average Bonchev–Trinajstić information content (AvgIpc) is 2.16. The van der Waals surface area contributed by atoms with E-state index in [4.69, 9.17) is 0 Å². The fourth-order valence-electron chi connectivity index (χ4n) is 1.47. The molecule has 0 aliphatic carbocycles. The predicted octanol–water partition coefficient (Wildman–Crippen LogP) is -1.29. The van der Waals surface area contributed by atoms with Gasteiger partial charge in [0, 0.05) is 37.1 Å². The zero-order valence-electron chi connectivity index (χ0n) is 8.28. The van der Waals surface area contributed by atoms with Crippen LogP contribution < -0.4 is 5.32 Å². The maximum absolute atomic E-state index is 11.4. The van der Waals surface area contributed by atoms with Crippen molar-refractivity contribution < 1.29 is 13.8 Å². The van der Waals surface area contributed by atoms with Crippen molar-refractivity contribution in [3.05, 3.63) is 0 Å². The van der Waals surface area contributed by atoms with Crippen LogP contribution >= 0.6 is 0 Å². The molecule has 80 valence electrons. The van der Waals surface area contributed by atoms with E-state index in [0.717, 1.165) is 0 Å². The number of nitrogens with zero attached hydrogens (tertiary/aromatic N) is 1. The number of carbonyl (C=O) groups excluding carboxylic acids is 2. The van der Waals surface area contributed by atoms with E-state index in [2.05, 4.69) is 5.32 Å². The summed E-state index contributed by atoms with van der Waals surface area (Å²) in [6.45, 7) is 1.82. The molecule has 6 heteroatoms. The lowest BCUT2D eigenvalue weighted by molar-refractivity contribution is -0.137. The summed E-state index contributed by atoms with van der Waals surface area (Å²) >= 11 is 0. The quantitative estimate of drug-likeness (QED) is 0.595. The summed E-state index contributed by atoms with van der Waals surface area (Å²) < 4.78 is 11.3. The fourth-order valence-corrected chi connectivity index (χ4v) is 2.72. The Labute approximate surface area is 85.3 Å². The summed E-state index contributed by atoms with van der Waals surface area (Å²) in [5, 5.41) is 2.47. The highest BCUT2D eigenvalue weighted by molar-refractivity contribution is 7.85. The molecule has 1 saturated heterocycles. The Bertz CT molecular complexity index is 280. The molecule has 0 aromatic heterocycles. The van der Waals surface area contributed by atoms with Crippen molar-refractivity contribution in [1.82, 2.24) is 10.2 Å². The first kappa shape index (κ1) is 11.2. The third-order valence-electron chi connectivity index (χ3n) is 2.23. The van der Waals surface area contributed by atoms with Crippen LogP contribution in [0.25, 0.3) is 0 Å². The average molecular weight is 218 g/mol. The largest absolute Gasteiger partial charge is 0.357 e. The third-order valence-corrected chi connectivity index (χ3v) is 3.56. The number of hydrogen-bond acceptors (Lipinski definition) is 3. The van der Waals surface area contributed by atoms with Crippen LogP contribution in [0.3, 0.4) is 0 Å². The van der Waals surface area contributed by atoms with Crippen LogP contribution in [-0.4, -0.2) is 52.1 Å². The van der Waals surface area contributed by atoms with Crippen molar-refractivity contribution in [3.63, 3.8) is 0 Å². The number of likely N-dealkylation sites (N-methyl/N-ethyl adjacent to an activating group) is 1. The van der Waals surface area contributed by atoms with Gasteiger partial charge in [0.25, 0.3) is 0 Å². The van der Waals surface area contributed by atoms with Gasteiger partial charge in [-0.05, 0) is 0 Å². The van der Waals surface area contributed by atoms with Crippen LogP contribution in [0.15, 0.2) is 0 Å². The van der Waals surface area contributed by atoms with Crippen LogP contribution in [0.4, 0.5) is 0 Å². The van der Waals surface area contributed by atoms with Gasteiger partial charge < -0.3 is 10.2 Å². The lowest BCUT2D eigenvalue weighted by Gasteiger charge is -2.32. The molecule has 1 N–H and O–H groups in total. The van der Waals surface area contributed by atoms with E-state index in [1.807, 2.05) is 0 Å². The molecule has 0 spiro atoms. The minimum absolute atomic E-state index is 0.143. The van der Waals surface area contributed by atoms with Gasteiger partial charge in [0.05, 0.1) is 5.75 Å². The molecule has 0 aromatic carbocycles. The molecule has 5 nitrogen and oxygen atoms in total. The van der Waals surface area contributed by atoms with Gasteiger partial charge in [-0.15, -0.1) is 0 Å². The maximum atomic E-state index is 11.4. The smallest absolute Gasteiger partial charge is 0.243 e. The zero-order chi connectivity index (χ0) is 10.7. The van der Waals surface area contributed by atoms with Gasteiger partial charge in [-0.3, -0.25) is 13.8 Å². The topological polar surface area (TPSA) is 66.5 Å². The van der Waals surface area contributed by atoms with Gasteiger partial charge in [0.1, 0.15) is 6.04 Å². The van der Waals surface area contributed by atoms with Crippen molar-refractivity contribution in [2.45, 2.75) is 13.0 Å². The minimum atomic E-state index is -0.984. The number of hydrogen-bond donors (Lipinski definition) is 1. The van der Waals surface area contributed by atoms with E-state index in [1.54, 1.807) is 0 Å². The lowest BCUT2D eigenvalue weighted by Crippen LogP contribution is -2.55. The standard InChI is InChI=1S/C8H14N2O3S/c1-6(11)10-3-4-14(13)5-7(10)8(12)9-2/h7H,3-5H2,1-2H3,(H,9,12)/t7-,14?/m1/s1. The molecule has 2 amide bonds. The fraction of sp³-hybridized carbons (Fsp3) is 0.750. The van der Waals surface area contributed by atoms with Gasteiger partial charge >= 0.3 is 0 Å². The molecule has 2 atom stereocenters. The molecular weight excluding hydrogens is 204 g/mol. The summed E-state index contributed by atoms with van der Waals surface area (Å²) in [5.41, 5.74) is 0. The van der Waals surface area contributed by atoms with Gasteiger partial charge in [0.2, 0.25) is 11.8 Å². The van der Waals surface area contributed by atoms with E-state index < -0.39 is 16.8 Å². The molecule has 0 saturated carbocycles. The van der Waals surface area contributed by atoms with Crippen molar-refractivity contribution >= 4 is 22.6 Å². The van der Waals surface area contributed by atoms with Crippen molar-refractivity contribution in [1.29, 1.82) is 0 Å². The van der Waals surface area contributed by atoms with E-state index in [9.17, 15) is 13.8 Å². The molecule has 1 fully saturated rings. The summed E-state index contributed by atoms with van der Waals surface area (Å²) in [6, 6.07) is -0.563. The highest BCUT2D eigenvalue weighted by Gasteiger charge is 2.32. The van der Waals surface area contributed by atoms with Gasteiger partial charge in [-0.1, -0.05) is 0 Å². The SMILES string of the molecule is CNC(=O)[C@H]1CS(=O)CCN1C(C)=O. The summed E-state index contributed by atoms with van der Waals surface area (Å²) in [4.78, 5) is 24.0. The summed E-state index contributed by atoms with van der Waals surface area (Å²) in [5.74, 6) is 0.329. The zero-order valence-corrected chi connectivity index (χ0v) is 9.10. The molecular formula is C8H14N2O3S. The molecule has 1 unspecified atom stereocenters. The van der Waals surface area contributed by atoms with Gasteiger partial charge in [-0.25, -0.2) is 0 Å². The molecule has 0 bridgehead atoms. The second-order valence-corrected chi connectivity index (χ2v) is 4.77. The Hall–Kier alpha value is -0.910. The first-order valence-corrected chi connectivity index (χ1v) is 5.89. The summed E-state index contributed by atoms with van der Waals surface area (Å²) in [7, 11) is 0.528. The second kappa shape index (κ2) is 4.54. The summed E-state index contributed by atoms with van der Waals surface area (Å²) in [6.07, 6.45) is 0. The first-order valence-electron chi connectivity index (χ1n) is 4.40. The van der Waals surface area contributed by atoms with Crippen molar-refractivity contribution in [3.8, 4) is 0 Å². The second-order valence-electron chi connectivity index (χ2n) is 3.15. The van der Waals surface area contributed by atoms with Crippen molar-refractivity contribution in [2.24, 2.45) is 0 Å². The highest BCUT2D eigenvalue weighted by Crippen LogP contribution is 2.09. The molecule has 0 radical (unpaired) electrons. The molecule has 14 heavy (non-hydrogen) atoms. The van der Waals surface area contributed by atoms with Crippen molar-refractivity contribution in [2.75, 3.05) is 25.1 Å².